The highest BCUT2D eigenvalue weighted by Gasteiger charge is 2.42. The molecule has 0 radical (unpaired) electrons. The van der Waals surface area contributed by atoms with Crippen molar-refractivity contribution in [3.63, 3.8) is 0 Å². The Balaban J connectivity index is 1.41. The molecule has 2 aliphatic rings. The predicted octanol–water partition coefficient (Wildman–Crippen LogP) is 4.10. The molecule has 3 aromatic carbocycles. The zero-order chi connectivity index (χ0) is 23.7. The SMILES string of the molecule is O=S(=O)(N[C@H]1CC[C@@H](N2c3ccccc3CCc3ccccc32)[C@@H]1O)c1ccc(OCF)cc1. The molecule has 6 nitrogen and oxygen atoms in total. The monoisotopic (exact) mass is 482 g/mol. The Morgan fingerprint density at radius 2 is 1.50 bits per heavy atom. The molecule has 0 amide bonds. The van der Waals surface area contributed by atoms with Crippen molar-refractivity contribution in [1.82, 2.24) is 4.72 Å². The van der Waals surface area contributed by atoms with E-state index in [1.54, 1.807) is 0 Å². The van der Waals surface area contributed by atoms with Crippen molar-refractivity contribution in [2.75, 3.05) is 11.8 Å². The van der Waals surface area contributed by atoms with Gasteiger partial charge in [-0.25, -0.2) is 17.5 Å². The fraction of sp³-hybridized carbons (Fsp3) is 0.308. The van der Waals surface area contributed by atoms with Crippen molar-refractivity contribution >= 4 is 21.4 Å². The van der Waals surface area contributed by atoms with E-state index in [4.69, 9.17) is 4.74 Å². The number of anilines is 2. The summed E-state index contributed by atoms with van der Waals surface area (Å²) in [6.45, 7) is -0.983. The van der Waals surface area contributed by atoms with E-state index in [0.29, 0.717) is 12.8 Å². The van der Waals surface area contributed by atoms with E-state index in [1.165, 1.54) is 35.4 Å². The van der Waals surface area contributed by atoms with Gasteiger partial charge in [0.1, 0.15) is 5.75 Å². The van der Waals surface area contributed by atoms with Gasteiger partial charge >= 0.3 is 0 Å². The summed E-state index contributed by atoms with van der Waals surface area (Å²) in [5, 5.41) is 11.3. The van der Waals surface area contributed by atoms with Crippen LogP contribution in [0.4, 0.5) is 15.8 Å². The lowest BCUT2D eigenvalue weighted by molar-refractivity contribution is 0.142. The topological polar surface area (TPSA) is 78.9 Å². The zero-order valence-electron chi connectivity index (χ0n) is 18.6. The number of hydrogen-bond donors (Lipinski definition) is 2. The number of sulfonamides is 1. The Labute approximate surface area is 199 Å². The first-order valence-corrected chi connectivity index (χ1v) is 12.9. The maximum atomic E-state index is 13.0. The van der Waals surface area contributed by atoms with E-state index in [2.05, 4.69) is 33.9 Å². The number of rotatable bonds is 6. The summed E-state index contributed by atoms with van der Waals surface area (Å²) in [5.74, 6) is 0.251. The summed E-state index contributed by atoms with van der Waals surface area (Å²) in [7, 11) is -3.87. The minimum Gasteiger partial charge on any atom is -0.463 e. The third-order valence-electron chi connectivity index (χ3n) is 6.74. The predicted molar refractivity (Wildman–Crippen MR) is 129 cm³/mol. The lowest BCUT2D eigenvalue weighted by Crippen LogP contribution is -2.47. The normalized spacial score (nSPS) is 22.1. The second kappa shape index (κ2) is 9.37. The molecule has 34 heavy (non-hydrogen) atoms. The third kappa shape index (κ3) is 4.29. The third-order valence-corrected chi connectivity index (χ3v) is 8.25. The quantitative estimate of drug-likeness (QED) is 0.553. The highest BCUT2D eigenvalue weighted by Crippen LogP contribution is 2.41. The van der Waals surface area contributed by atoms with Crippen LogP contribution in [0.2, 0.25) is 0 Å². The summed E-state index contributed by atoms with van der Waals surface area (Å²) in [6.07, 6.45) is 2.06. The molecule has 1 heterocycles. The van der Waals surface area contributed by atoms with E-state index in [-0.39, 0.29) is 16.7 Å². The second-order valence-corrected chi connectivity index (χ2v) is 10.4. The van der Waals surface area contributed by atoms with Crippen molar-refractivity contribution in [3.8, 4) is 5.75 Å². The molecule has 0 unspecified atom stereocenters. The van der Waals surface area contributed by atoms with Crippen LogP contribution in [0.5, 0.6) is 5.75 Å². The molecular formula is C26H27FN2O4S. The van der Waals surface area contributed by atoms with Gasteiger partial charge < -0.3 is 14.7 Å². The van der Waals surface area contributed by atoms with E-state index in [9.17, 15) is 17.9 Å². The van der Waals surface area contributed by atoms with Gasteiger partial charge in [-0.15, -0.1) is 0 Å². The molecule has 1 aliphatic carbocycles. The van der Waals surface area contributed by atoms with Crippen molar-refractivity contribution in [2.24, 2.45) is 0 Å². The Morgan fingerprint density at radius 3 is 2.09 bits per heavy atom. The first-order chi connectivity index (χ1) is 16.5. The number of fused-ring (bicyclic) bond motifs is 2. The van der Waals surface area contributed by atoms with Crippen LogP contribution in [0, 0.1) is 0 Å². The van der Waals surface area contributed by atoms with Gasteiger partial charge in [0.25, 0.3) is 0 Å². The Kier molecular flexibility index (Phi) is 6.29. The first kappa shape index (κ1) is 22.8. The number of nitrogens with zero attached hydrogens (tertiary/aromatic N) is 1. The molecule has 1 fully saturated rings. The Bertz CT molecular complexity index is 1220. The molecule has 5 rings (SSSR count). The van der Waals surface area contributed by atoms with E-state index < -0.39 is 29.0 Å². The summed E-state index contributed by atoms with van der Waals surface area (Å²) in [4.78, 5) is 2.24. The van der Waals surface area contributed by atoms with E-state index in [0.717, 1.165) is 24.2 Å². The number of hydrogen-bond acceptors (Lipinski definition) is 5. The van der Waals surface area contributed by atoms with E-state index >= 15 is 0 Å². The van der Waals surface area contributed by atoms with Crippen molar-refractivity contribution in [1.29, 1.82) is 0 Å². The van der Waals surface area contributed by atoms with Gasteiger partial charge in [0.15, 0.2) is 0 Å². The lowest BCUT2D eigenvalue weighted by atomic mass is 10.0. The molecule has 0 bridgehead atoms. The number of aryl methyl sites for hydroxylation is 2. The molecule has 1 saturated carbocycles. The second-order valence-electron chi connectivity index (χ2n) is 8.72. The van der Waals surface area contributed by atoms with Gasteiger partial charge in [-0.3, -0.25) is 0 Å². The first-order valence-electron chi connectivity index (χ1n) is 11.4. The van der Waals surface area contributed by atoms with Gasteiger partial charge in [-0.1, -0.05) is 36.4 Å². The minimum atomic E-state index is -3.87. The molecule has 0 aromatic heterocycles. The molecule has 3 atom stereocenters. The van der Waals surface area contributed by atoms with Crippen molar-refractivity contribution in [2.45, 2.75) is 48.8 Å². The summed E-state index contributed by atoms with van der Waals surface area (Å²) >= 11 is 0. The molecular weight excluding hydrogens is 455 g/mol. The Morgan fingerprint density at radius 1 is 0.912 bits per heavy atom. The van der Waals surface area contributed by atoms with Crippen LogP contribution in [-0.2, 0) is 22.9 Å². The number of alkyl halides is 1. The standard InChI is InChI=1S/C26H27FN2O4S/c27-17-33-20-11-13-21(14-12-20)34(31,32)28-22-15-16-25(26(22)30)29-23-7-3-1-5-18(23)9-10-19-6-2-4-8-24(19)29/h1-8,11-14,22,25-26,28,30H,9-10,15-17H2/t22-,25+,26+/m0/s1. The lowest BCUT2D eigenvalue weighted by Gasteiger charge is -2.35. The smallest absolute Gasteiger partial charge is 0.240 e. The molecule has 3 aromatic rings. The molecule has 1 aliphatic heterocycles. The van der Waals surface area contributed by atoms with Crippen molar-refractivity contribution < 1.29 is 22.7 Å². The number of para-hydroxylation sites is 2. The van der Waals surface area contributed by atoms with Crippen LogP contribution in [-0.4, -0.2) is 38.6 Å². The van der Waals surface area contributed by atoms with E-state index in [1.807, 2.05) is 24.3 Å². The maximum absolute atomic E-state index is 13.0. The van der Waals surface area contributed by atoms with Crippen LogP contribution in [0.1, 0.15) is 24.0 Å². The number of aliphatic hydroxyl groups is 1. The largest absolute Gasteiger partial charge is 0.463 e. The number of aliphatic hydroxyl groups excluding tert-OH is 1. The summed E-state index contributed by atoms with van der Waals surface area (Å²) in [5.41, 5.74) is 4.54. The fourth-order valence-electron chi connectivity index (χ4n) is 5.09. The van der Waals surface area contributed by atoms with Crippen molar-refractivity contribution in [3.05, 3.63) is 83.9 Å². The molecule has 0 spiro atoms. The zero-order valence-corrected chi connectivity index (χ0v) is 19.4. The van der Waals surface area contributed by atoms with Gasteiger partial charge in [0, 0.05) is 11.4 Å². The molecule has 0 saturated heterocycles. The van der Waals surface area contributed by atoms with Gasteiger partial charge in [-0.2, -0.15) is 0 Å². The number of benzene rings is 3. The summed E-state index contributed by atoms with van der Waals surface area (Å²) < 4.78 is 45.7. The average Bonchev–Trinajstić information content (AvgIpc) is 3.09. The molecule has 8 heteroatoms. The number of halogens is 1. The number of ether oxygens (including phenoxy) is 1. The minimum absolute atomic E-state index is 0.0415. The van der Waals surface area contributed by atoms with Gasteiger partial charge in [0.05, 0.1) is 23.1 Å². The van der Waals surface area contributed by atoms with Crippen LogP contribution in [0.15, 0.2) is 77.7 Å². The van der Waals surface area contributed by atoms with Crippen LogP contribution >= 0.6 is 0 Å². The molecule has 178 valence electrons. The highest BCUT2D eigenvalue weighted by atomic mass is 32.2. The van der Waals surface area contributed by atoms with Crippen LogP contribution in [0.3, 0.4) is 0 Å². The van der Waals surface area contributed by atoms with Crippen LogP contribution < -0.4 is 14.4 Å². The van der Waals surface area contributed by atoms with Gasteiger partial charge in [-0.05, 0) is 73.2 Å². The highest BCUT2D eigenvalue weighted by molar-refractivity contribution is 7.89. The van der Waals surface area contributed by atoms with Gasteiger partial charge in [0.2, 0.25) is 16.9 Å². The average molecular weight is 483 g/mol. The summed E-state index contributed by atoms with van der Waals surface area (Å²) in [6, 6.07) is 21.1. The maximum Gasteiger partial charge on any atom is 0.240 e. The molecule has 2 N–H and O–H groups in total. The Hall–Kier alpha value is -2.94. The number of nitrogens with one attached hydrogen (secondary N) is 1. The van der Waals surface area contributed by atoms with Crippen LogP contribution in [0.25, 0.3) is 0 Å². The fourth-order valence-corrected chi connectivity index (χ4v) is 6.37.